The van der Waals surface area contributed by atoms with Gasteiger partial charge in [-0.25, -0.2) is 4.98 Å². The maximum Gasteiger partial charge on any atom is 0.326 e. The highest BCUT2D eigenvalue weighted by Gasteiger charge is 2.10. The number of aromatic nitrogens is 2. The molecule has 140 valence electrons. The van der Waals surface area contributed by atoms with Crippen LogP contribution in [-0.2, 0) is 27.3 Å². The summed E-state index contributed by atoms with van der Waals surface area (Å²) in [6.07, 6.45) is 2.12. The molecule has 2 aromatic carbocycles. The van der Waals surface area contributed by atoms with Crippen LogP contribution in [-0.4, -0.2) is 34.6 Å². The minimum Gasteiger partial charge on any atom is -0.454 e. The normalized spacial score (nSPS) is 10.7. The molecule has 3 aromatic rings. The van der Waals surface area contributed by atoms with E-state index >= 15 is 0 Å². The van der Waals surface area contributed by atoms with Crippen molar-refractivity contribution >= 4 is 46.1 Å². The molecule has 6 nitrogen and oxygen atoms in total. The molecular weight excluding hydrogens is 389 g/mol. The number of halogens is 2. The van der Waals surface area contributed by atoms with Crippen molar-refractivity contribution in [1.82, 2.24) is 14.9 Å². The lowest BCUT2D eigenvalue weighted by Gasteiger charge is -2.08. The third-order valence-electron chi connectivity index (χ3n) is 3.92. The number of nitrogens with one attached hydrogen (secondary N) is 1. The Hall–Kier alpha value is -2.57. The van der Waals surface area contributed by atoms with Crippen molar-refractivity contribution in [2.24, 2.45) is 0 Å². The van der Waals surface area contributed by atoms with Crippen LogP contribution in [0.15, 0.2) is 48.8 Å². The van der Waals surface area contributed by atoms with Crippen molar-refractivity contribution in [3.05, 3.63) is 64.4 Å². The van der Waals surface area contributed by atoms with Gasteiger partial charge in [0.15, 0.2) is 6.61 Å². The minimum absolute atomic E-state index is 0.00578. The number of rotatable bonds is 7. The fourth-order valence-corrected chi connectivity index (χ4v) is 3.08. The molecular formula is C19H17Cl2N3O3. The van der Waals surface area contributed by atoms with Crippen LogP contribution < -0.4 is 5.32 Å². The van der Waals surface area contributed by atoms with Crippen LogP contribution in [0.3, 0.4) is 0 Å². The Morgan fingerprint density at radius 1 is 1.15 bits per heavy atom. The van der Waals surface area contributed by atoms with Gasteiger partial charge in [-0.3, -0.25) is 9.59 Å². The molecule has 1 amide bonds. The van der Waals surface area contributed by atoms with Crippen LogP contribution in [0.2, 0.25) is 10.0 Å². The molecule has 0 aliphatic carbocycles. The maximum atomic E-state index is 11.9. The van der Waals surface area contributed by atoms with E-state index in [9.17, 15) is 9.59 Å². The molecule has 1 heterocycles. The monoisotopic (exact) mass is 405 g/mol. The molecule has 0 saturated carbocycles. The zero-order chi connectivity index (χ0) is 19.2. The predicted octanol–water partition coefficient (Wildman–Crippen LogP) is 3.25. The van der Waals surface area contributed by atoms with E-state index in [0.717, 1.165) is 16.6 Å². The summed E-state index contributed by atoms with van der Waals surface area (Å²) in [5.41, 5.74) is 2.51. The molecule has 0 saturated heterocycles. The van der Waals surface area contributed by atoms with Gasteiger partial charge in [-0.2, -0.15) is 0 Å². The van der Waals surface area contributed by atoms with Crippen molar-refractivity contribution in [2.75, 3.05) is 13.2 Å². The Bertz CT molecular complexity index is 972. The molecule has 0 fully saturated rings. The molecule has 0 aliphatic rings. The first-order chi connectivity index (χ1) is 13.0. The quantitative estimate of drug-likeness (QED) is 0.612. The van der Waals surface area contributed by atoms with E-state index in [1.807, 2.05) is 30.3 Å². The second-order valence-corrected chi connectivity index (χ2v) is 6.70. The van der Waals surface area contributed by atoms with Crippen LogP contribution >= 0.6 is 23.2 Å². The number of imidazole rings is 1. The second kappa shape index (κ2) is 8.88. The zero-order valence-corrected chi connectivity index (χ0v) is 15.8. The Morgan fingerprint density at radius 2 is 1.96 bits per heavy atom. The van der Waals surface area contributed by atoms with E-state index in [2.05, 4.69) is 10.3 Å². The van der Waals surface area contributed by atoms with Gasteiger partial charge < -0.3 is 14.6 Å². The molecule has 0 bridgehead atoms. The fraction of sp³-hybridized carbons (Fsp3) is 0.211. The van der Waals surface area contributed by atoms with Gasteiger partial charge in [0, 0.05) is 16.6 Å². The SMILES string of the molecule is O=C(COC(=O)Cn1cnc2ccccc21)NCCc1ccc(Cl)cc1Cl. The molecule has 0 aliphatic heterocycles. The highest BCUT2D eigenvalue weighted by Crippen LogP contribution is 2.21. The second-order valence-electron chi connectivity index (χ2n) is 5.86. The number of nitrogens with zero attached hydrogens (tertiary/aromatic N) is 2. The lowest BCUT2D eigenvalue weighted by atomic mass is 10.1. The highest BCUT2D eigenvalue weighted by molar-refractivity contribution is 6.35. The Balaban J connectivity index is 1.41. The van der Waals surface area contributed by atoms with Crippen LogP contribution in [0.25, 0.3) is 11.0 Å². The van der Waals surface area contributed by atoms with E-state index in [1.54, 1.807) is 23.0 Å². The largest absolute Gasteiger partial charge is 0.454 e. The molecule has 0 radical (unpaired) electrons. The lowest BCUT2D eigenvalue weighted by molar-refractivity contribution is -0.149. The van der Waals surface area contributed by atoms with Gasteiger partial charge in [0.2, 0.25) is 0 Å². The molecule has 0 atom stereocenters. The fourth-order valence-electron chi connectivity index (χ4n) is 2.58. The summed E-state index contributed by atoms with van der Waals surface area (Å²) in [6, 6.07) is 12.7. The number of ether oxygens (including phenoxy) is 1. The Kier molecular flexibility index (Phi) is 6.32. The van der Waals surface area contributed by atoms with E-state index < -0.39 is 5.97 Å². The summed E-state index contributed by atoms with van der Waals surface area (Å²) in [6.45, 7) is 0.0396. The summed E-state index contributed by atoms with van der Waals surface area (Å²) in [5.74, 6) is -0.877. The zero-order valence-electron chi connectivity index (χ0n) is 14.3. The first kappa shape index (κ1) is 19.2. The lowest BCUT2D eigenvalue weighted by Crippen LogP contribution is -2.31. The number of hydrogen-bond donors (Lipinski definition) is 1. The predicted molar refractivity (Wildman–Crippen MR) is 104 cm³/mol. The summed E-state index contributed by atoms with van der Waals surface area (Å²) >= 11 is 11.9. The van der Waals surface area contributed by atoms with Crippen LogP contribution in [0.4, 0.5) is 0 Å². The van der Waals surface area contributed by atoms with Gasteiger partial charge >= 0.3 is 5.97 Å². The van der Waals surface area contributed by atoms with Crippen LogP contribution in [0.5, 0.6) is 0 Å². The maximum absolute atomic E-state index is 11.9. The number of hydrogen-bond acceptors (Lipinski definition) is 4. The average molecular weight is 406 g/mol. The smallest absolute Gasteiger partial charge is 0.326 e. The average Bonchev–Trinajstić information content (AvgIpc) is 3.05. The van der Waals surface area contributed by atoms with Crippen molar-refractivity contribution in [3.63, 3.8) is 0 Å². The number of fused-ring (bicyclic) bond motifs is 1. The molecule has 1 N–H and O–H groups in total. The first-order valence-corrected chi connectivity index (χ1v) is 9.04. The minimum atomic E-state index is -0.506. The van der Waals surface area contributed by atoms with E-state index in [0.29, 0.717) is 23.0 Å². The van der Waals surface area contributed by atoms with E-state index in [4.69, 9.17) is 27.9 Å². The number of esters is 1. The van der Waals surface area contributed by atoms with Gasteiger partial charge in [-0.15, -0.1) is 0 Å². The van der Waals surface area contributed by atoms with E-state index in [1.165, 1.54) is 0 Å². The van der Waals surface area contributed by atoms with E-state index in [-0.39, 0.29) is 19.1 Å². The summed E-state index contributed by atoms with van der Waals surface area (Å²) < 4.78 is 6.70. The number of benzene rings is 2. The van der Waals surface area contributed by atoms with Gasteiger partial charge in [0.05, 0.1) is 17.4 Å². The highest BCUT2D eigenvalue weighted by atomic mass is 35.5. The molecule has 1 aromatic heterocycles. The van der Waals surface area contributed by atoms with Gasteiger partial charge in [-0.05, 0) is 36.2 Å². The molecule has 0 unspecified atom stereocenters. The number of carbonyl (C=O) groups is 2. The van der Waals surface area contributed by atoms with Crippen molar-refractivity contribution in [1.29, 1.82) is 0 Å². The van der Waals surface area contributed by atoms with Crippen LogP contribution in [0, 0.1) is 0 Å². The first-order valence-electron chi connectivity index (χ1n) is 8.29. The summed E-state index contributed by atoms with van der Waals surface area (Å²) in [5, 5.41) is 3.80. The number of carbonyl (C=O) groups excluding carboxylic acids is 2. The van der Waals surface area contributed by atoms with Crippen molar-refractivity contribution in [3.8, 4) is 0 Å². The van der Waals surface area contributed by atoms with Gasteiger partial charge in [0.1, 0.15) is 6.54 Å². The molecule has 0 spiro atoms. The standard InChI is InChI=1S/C19H17Cl2N3O3/c20-14-6-5-13(15(21)9-14)7-8-22-18(25)11-27-19(26)10-24-12-23-16-3-1-2-4-17(16)24/h1-6,9,12H,7-8,10-11H2,(H,22,25). The Labute approximate surface area is 166 Å². The van der Waals surface area contributed by atoms with Crippen molar-refractivity contribution in [2.45, 2.75) is 13.0 Å². The van der Waals surface area contributed by atoms with Crippen LogP contribution in [0.1, 0.15) is 5.56 Å². The number of amides is 1. The molecule has 8 heteroatoms. The van der Waals surface area contributed by atoms with Crippen molar-refractivity contribution < 1.29 is 14.3 Å². The Morgan fingerprint density at radius 3 is 2.78 bits per heavy atom. The van der Waals surface area contributed by atoms with Gasteiger partial charge in [0.25, 0.3) is 5.91 Å². The third-order valence-corrected chi connectivity index (χ3v) is 4.51. The van der Waals surface area contributed by atoms with Gasteiger partial charge in [-0.1, -0.05) is 41.4 Å². The topological polar surface area (TPSA) is 73.2 Å². The third kappa shape index (κ3) is 5.21. The summed E-state index contributed by atoms with van der Waals surface area (Å²) in [4.78, 5) is 28.0. The molecule has 3 rings (SSSR count). The number of para-hydroxylation sites is 2. The molecule has 27 heavy (non-hydrogen) atoms. The summed E-state index contributed by atoms with van der Waals surface area (Å²) in [7, 11) is 0.